The molecule has 6 heteroatoms. The van der Waals surface area contributed by atoms with Gasteiger partial charge in [0.05, 0.1) is 25.1 Å². The van der Waals surface area contributed by atoms with Gasteiger partial charge in [0.2, 0.25) is 0 Å². The second kappa shape index (κ2) is 6.41. The van der Waals surface area contributed by atoms with E-state index in [-0.39, 0.29) is 5.97 Å². The summed E-state index contributed by atoms with van der Waals surface area (Å²) in [4.78, 5) is 18.4. The lowest BCUT2D eigenvalue weighted by Gasteiger charge is -2.19. The van der Waals surface area contributed by atoms with Gasteiger partial charge in [0.15, 0.2) is 10.8 Å². The molecular weight excluding hydrogens is 288 g/mol. The van der Waals surface area contributed by atoms with Crippen LogP contribution in [0.3, 0.4) is 0 Å². The maximum atomic E-state index is 11.7. The average molecular weight is 306 g/mol. The lowest BCUT2D eigenvalue weighted by Crippen LogP contribution is -2.32. The Balaban J connectivity index is 1.64. The predicted octanol–water partition coefficient (Wildman–Crippen LogP) is 2.93. The zero-order valence-corrected chi connectivity index (χ0v) is 12.8. The van der Waals surface area contributed by atoms with E-state index in [9.17, 15) is 4.79 Å². The van der Waals surface area contributed by atoms with Crippen LogP contribution in [-0.4, -0.2) is 35.0 Å². The maximum Gasteiger partial charge on any atom is 0.320 e. The molecule has 2 heterocycles. The van der Waals surface area contributed by atoms with Crippen molar-refractivity contribution in [2.24, 2.45) is 0 Å². The number of hydrogen-bond donors (Lipinski definition) is 0. The van der Waals surface area contributed by atoms with Crippen molar-refractivity contribution < 1.29 is 13.9 Å². The first-order valence-electron chi connectivity index (χ1n) is 7.14. The highest BCUT2D eigenvalue weighted by molar-refractivity contribution is 7.13. The minimum absolute atomic E-state index is 0.161. The molecular formula is C15H18N2O3S. The maximum absolute atomic E-state index is 11.7. The zero-order valence-electron chi connectivity index (χ0n) is 11.9. The molecule has 0 spiro atoms. The van der Waals surface area contributed by atoms with Gasteiger partial charge in [-0.25, -0.2) is 4.98 Å². The summed E-state index contributed by atoms with van der Waals surface area (Å²) in [6.45, 7) is 3.28. The summed E-state index contributed by atoms with van der Waals surface area (Å²) in [7, 11) is 0. The first kappa shape index (κ1) is 14.3. The third kappa shape index (κ3) is 3.71. The Bertz CT molecular complexity index is 590. The van der Waals surface area contributed by atoms with E-state index in [1.807, 2.05) is 24.4 Å². The van der Waals surface area contributed by atoms with Gasteiger partial charge >= 0.3 is 5.97 Å². The third-order valence-corrected chi connectivity index (χ3v) is 4.26. The van der Waals surface area contributed by atoms with E-state index in [0.29, 0.717) is 25.7 Å². The number of hydrogen-bond acceptors (Lipinski definition) is 6. The molecule has 1 aliphatic rings. The first-order valence-corrected chi connectivity index (χ1v) is 8.02. The lowest BCUT2D eigenvalue weighted by atomic mass is 10.3. The van der Waals surface area contributed by atoms with Crippen molar-refractivity contribution in [1.29, 1.82) is 0 Å². The smallest absolute Gasteiger partial charge is 0.320 e. The van der Waals surface area contributed by atoms with E-state index in [0.717, 1.165) is 29.3 Å². The minimum atomic E-state index is -0.161. The number of esters is 1. The standard InChI is InChI=1S/C15H18N2O3S/c1-2-19-14(18)9-17(12-5-6-12)8-11-10-21-15(16-11)13-4-3-7-20-13/h3-4,7,10,12H,2,5-6,8-9H2,1H3. The van der Waals surface area contributed by atoms with Crippen LogP contribution >= 0.6 is 11.3 Å². The number of aromatic nitrogens is 1. The minimum Gasteiger partial charge on any atom is -0.465 e. The van der Waals surface area contributed by atoms with E-state index in [4.69, 9.17) is 9.15 Å². The molecule has 0 saturated heterocycles. The average Bonchev–Trinajstić information content (AvgIpc) is 2.98. The zero-order chi connectivity index (χ0) is 14.7. The molecule has 112 valence electrons. The van der Waals surface area contributed by atoms with Gasteiger partial charge in [0.25, 0.3) is 0 Å². The van der Waals surface area contributed by atoms with Gasteiger partial charge in [0, 0.05) is 18.0 Å². The van der Waals surface area contributed by atoms with Crippen LogP contribution in [0.25, 0.3) is 10.8 Å². The van der Waals surface area contributed by atoms with Crippen LogP contribution in [0.1, 0.15) is 25.5 Å². The molecule has 0 aliphatic heterocycles. The fourth-order valence-electron chi connectivity index (χ4n) is 2.23. The summed E-state index contributed by atoms with van der Waals surface area (Å²) >= 11 is 1.56. The highest BCUT2D eigenvalue weighted by atomic mass is 32.1. The molecule has 2 aromatic heterocycles. The molecule has 1 saturated carbocycles. The quantitative estimate of drug-likeness (QED) is 0.736. The normalized spacial score (nSPS) is 14.6. The van der Waals surface area contributed by atoms with Crippen molar-refractivity contribution >= 4 is 17.3 Å². The van der Waals surface area contributed by atoms with Gasteiger partial charge in [-0.1, -0.05) is 0 Å². The van der Waals surface area contributed by atoms with E-state index in [1.54, 1.807) is 17.6 Å². The summed E-state index contributed by atoms with van der Waals surface area (Å²) < 4.78 is 10.4. The van der Waals surface area contributed by atoms with Crippen LogP contribution in [0.5, 0.6) is 0 Å². The number of rotatable bonds is 7. The third-order valence-electron chi connectivity index (χ3n) is 3.35. The van der Waals surface area contributed by atoms with Gasteiger partial charge in [-0.3, -0.25) is 9.69 Å². The van der Waals surface area contributed by atoms with Gasteiger partial charge in [0.1, 0.15) is 0 Å². The second-order valence-electron chi connectivity index (χ2n) is 5.06. The first-order chi connectivity index (χ1) is 10.3. The van der Waals surface area contributed by atoms with Crippen molar-refractivity contribution in [3.63, 3.8) is 0 Å². The molecule has 5 nitrogen and oxygen atoms in total. The summed E-state index contributed by atoms with van der Waals surface area (Å²) in [5.41, 5.74) is 0.975. The molecule has 0 N–H and O–H groups in total. The van der Waals surface area contributed by atoms with Gasteiger partial charge in [-0.15, -0.1) is 11.3 Å². The fourth-order valence-corrected chi connectivity index (χ4v) is 3.00. The van der Waals surface area contributed by atoms with Gasteiger partial charge < -0.3 is 9.15 Å². The van der Waals surface area contributed by atoms with Crippen LogP contribution in [0.15, 0.2) is 28.2 Å². The highest BCUT2D eigenvalue weighted by Crippen LogP contribution is 2.30. The Kier molecular flexibility index (Phi) is 4.36. The summed E-state index contributed by atoms with van der Waals surface area (Å²) in [5, 5.41) is 2.90. The van der Waals surface area contributed by atoms with E-state index < -0.39 is 0 Å². The number of furan rings is 1. The molecule has 3 rings (SSSR count). The van der Waals surface area contributed by atoms with Crippen molar-refractivity contribution in [3.8, 4) is 10.8 Å². The summed E-state index contributed by atoms with van der Waals surface area (Å²) in [6, 6.07) is 4.25. The molecule has 0 atom stereocenters. The Morgan fingerprint density at radius 3 is 3.10 bits per heavy atom. The molecule has 21 heavy (non-hydrogen) atoms. The summed E-state index contributed by atoms with van der Waals surface area (Å²) in [6.07, 6.45) is 3.94. The van der Waals surface area contributed by atoms with Crippen molar-refractivity contribution in [2.45, 2.75) is 32.4 Å². The molecule has 2 aromatic rings. The fraction of sp³-hybridized carbons (Fsp3) is 0.467. The van der Waals surface area contributed by atoms with E-state index >= 15 is 0 Å². The molecule has 0 aromatic carbocycles. The SMILES string of the molecule is CCOC(=O)CN(Cc1csc(-c2ccco2)n1)C1CC1. The Hall–Kier alpha value is -1.66. The number of ether oxygens (including phenoxy) is 1. The van der Waals surface area contributed by atoms with E-state index in [1.165, 1.54) is 0 Å². The topological polar surface area (TPSA) is 55.6 Å². The highest BCUT2D eigenvalue weighted by Gasteiger charge is 2.31. The van der Waals surface area contributed by atoms with Gasteiger partial charge in [-0.2, -0.15) is 0 Å². The molecule has 0 unspecified atom stereocenters. The monoisotopic (exact) mass is 306 g/mol. The number of nitrogens with zero attached hydrogens (tertiary/aromatic N) is 2. The second-order valence-corrected chi connectivity index (χ2v) is 5.92. The predicted molar refractivity (Wildman–Crippen MR) is 79.9 cm³/mol. The summed E-state index contributed by atoms with van der Waals surface area (Å²) in [5.74, 6) is 0.625. The number of carbonyl (C=O) groups excluding carboxylic acids is 1. The Labute approximate surface area is 127 Å². The molecule has 0 amide bonds. The van der Waals surface area contributed by atoms with Crippen molar-refractivity contribution in [3.05, 3.63) is 29.5 Å². The number of thiazole rings is 1. The Morgan fingerprint density at radius 1 is 1.57 bits per heavy atom. The van der Waals surface area contributed by atoms with Crippen LogP contribution in [0.4, 0.5) is 0 Å². The van der Waals surface area contributed by atoms with Crippen LogP contribution in [-0.2, 0) is 16.1 Å². The molecule has 1 aliphatic carbocycles. The van der Waals surface area contributed by atoms with Crippen LogP contribution < -0.4 is 0 Å². The lowest BCUT2D eigenvalue weighted by molar-refractivity contribution is -0.144. The van der Waals surface area contributed by atoms with E-state index in [2.05, 4.69) is 9.88 Å². The number of carbonyl (C=O) groups is 1. The van der Waals surface area contributed by atoms with Crippen LogP contribution in [0, 0.1) is 0 Å². The molecule has 0 radical (unpaired) electrons. The van der Waals surface area contributed by atoms with Gasteiger partial charge in [-0.05, 0) is 31.9 Å². The Morgan fingerprint density at radius 2 is 2.43 bits per heavy atom. The van der Waals surface area contributed by atoms with Crippen LogP contribution in [0.2, 0.25) is 0 Å². The molecule has 0 bridgehead atoms. The van der Waals surface area contributed by atoms with Crippen molar-refractivity contribution in [2.75, 3.05) is 13.2 Å². The largest absolute Gasteiger partial charge is 0.465 e. The molecule has 1 fully saturated rings. The van der Waals surface area contributed by atoms with Crippen molar-refractivity contribution in [1.82, 2.24) is 9.88 Å².